The van der Waals surface area contributed by atoms with E-state index in [1.807, 2.05) is 12.2 Å². The molecular formula is C92H175N5O4. The molecule has 0 aromatic carbocycles. The highest BCUT2D eigenvalue weighted by Gasteiger charge is 2.37. The molecule has 2 aliphatic heterocycles. The Morgan fingerprint density at radius 1 is 0.238 bits per heavy atom. The van der Waals surface area contributed by atoms with Crippen LogP contribution in [0, 0.1) is 11.8 Å². The number of allylic oxidation sites excluding steroid dienone is 2. The second kappa shape index (κ2) is 77.3. The zero-order valence-electron chi connectivity index (χ0n) is 68.1. The summed E-state index contributed by atoms with van der Waals surface area (Å²) >= 11 is 0. The molecule has 2 unspecified atom stereocenters. The monoisotopic (exact) mass is 1410 g/mol. The van der Waals surface area contributed by atoms with Gasteiger partial charge in [-0.3, -0.25) is 29.0 Å². The van der Waals surface area contributed by atoms with E-state index >= 15 is 0 Å². The van der Waals surface area contributed by atoms with Crippen LogP contribution in [-0.2, 0) is 19.2 Å². The van der Waals surface area contributed by atoms with E-state index in [1.165, 1.54) is 434 Å². The second-order valence-electron chi connectivity index (χ2n) is 32.4. The van der Waals surface area contributed by atoms with Crippen LogP contribution < -0.4 is 16.0 Å². The van der Waals surface area contributed by atoms with Crippen molar-refractivity contribution in [2.75, 3.05) is 52.4 Å². The number of hydrogen-bond acceptors (Lipinski definition) is 7. The molecule has 0 bridgehead atoms. The maximum Gasteiger partial charge on any atom is 0.236 e. The molecule has 9 heteroatoms. The molecular weight excluding hydrogens is 1240 g/mol. The average Bonchev–Trinajstić information content (AvgIpc) is 1.71. The number of likely N-dealkylation sites (tertiary alicyclic amines) is 2. The van der Waals surface area contributed by atoms with E-state index in [0.29, 0.717) is 39.0 Å². The first-order valence-electron chi connectivity index (χ1n) is 46.1. The summed E-state index contributed by atoms with van der Waals surface area (Å²) in [6.45, 7) is 9.62. The van der Waals surface area contributed by atoms with E-state index in [-0.39, 0.29) is 35.5 Å². The molecule has 2 fully saturated rings. The van der Waals surface area contributed by atoms with Crippen LogP contribution in [0.2, 0.25) is 0 Å². The molecule has 0 aromatic heterocycles. The van der Waals surface area contributed by atoms with Gasteiger partial charge in [-0.2, -0.15) is 0 Å². The quantitative estimate of drug-likeness (QED) is 0.0316. The molecule has 3 N–H and O–H groups in total. The summed E-state index contributed by atoms with van der Waals surface area (Å²) in [5.41, 5.74) is 0. The number of imide groups is 2. The van der Waals surface area contributed by atoms with Gasteiger partial charge in [-0.15, -0.1) is 0 Å². The molecule has 9 nitrogen and oxygen atoms in total. The summed E-state index contributed by atoms with van der Waals surface area (Å²) in [5.74, 6) is -0.850. The number of carbonyl (C=O) groups excluding carboxylic acids is 4. The minimum absolute atomic E-state index is 0.0550. The van der Waals surface area contributed by atoms with Gasteiger partial charge in [0.15, 0.2) is 0 Å². The average molecular weight is 1420 g/mol. The van der Waals surface area contributed by atoms with E-state index in [1.54, 1.807) is 0 Å². The largest absolute Gasteiger partial charge is 0.314 e. The number of unbranched alkanes of at least 4 members (excludes halogenated alkanes) is 68. The first kappa shape index (κ1) is 94.7. The molecule has 4 amide bonds. The van der Waals surface area contributed by atoms with Crippen molar-refractivity contribution < 1.29 is 19.2 Å². The predicted molar refractivity (Wildman–Crippen MR) is 441 cm³/mol. The maximum atomic E-state index is 13.0. The van der Waals surface area contributed by atoms with Crippen LogP contribution in [0.4, 0.5) is 0 Å². The summed E-state index contributed by atoms with van der Waals surface area (Å²) in [6, 6.07) is 0. The summed E-state index contributed by atoms with van der Waals surface area (Å²) in [5, 5.41) is 10.1. The van der Waals surface area contributed by atoms with Crippen molar-refractivity contribution in [3.63, 3.8) is 0 Å². The van der Waals surface area contributed by atoms with Gasteiger partial charge in [0, 0.05) is 65.2 Å². The number of carbonyl (C=O) groups is 4. The standard InChI is InChI=1S/C92H175N5O4/c1-3-5-7-9-11-13-15-17-19-21-23-25-27-29-31-33-35-37-39-40-41-42-44-46-48-50-52-54-56-58-60-62-64-66-68-70-72-74-76-88-86-90(99)97(92(88)101)84-82-95-80-78-93-77-79-94-81-83-96-89(98)85-87(91(96)100)75-73-71-69-67-65-63-61-59-57-55-53-51-49-47-45-43-38-36-34-32-30-28-26-24-22-20-18-16-14-12-10-8-6-4-2/h73-76,87-88,93-95H,3-72,77-86H2,1-2H3/b75-73+,76-74+. The molecule has 0 spiro atoms. The molecule has 2 atom stereocenters. The van der Waals surface area contributed by atoms with Crippen molar-refractivity contribution >= 4 is 23.6 Å². The lowest BCUT2D eigenvalue weighted by atomic mass is 10.0. The molecule has 2 rings (SSSR count). The van der Waals surface area contributed by atoms with Gasteiger partial charge in [0.1, 0.15) is 0 Å². The Balaban J connectivity index is 1.24. The predicted octanol–water partition coefficient (Wildman–Crippen LogP) is 27.0. The van der Waals surface area contributed by atoms with Crippen LogP contribution in [0.15, 0.2) is 24.3 Å². The molecule has 2 aliphatic rings. The lowest BCUT2D eigenvalue weighted by molar-refractivity contribution is -0.140. The van der Waals surface area contributed by atoms with Gasteiger partial charge < -0.3 is 16.0 Å². The number of nitrogens with one attached hydrogen (secondary N) is 3. The van der Waals surface area contributed by atoms with Crippen molar-refractivity contribution in [2.24, 2.45) is 11.8 Å². The van der Waals surface area contributed by atoms with Crippen LogP contribution in [-0.4, -0.2) is 85.8 Å². The number of nitrogens with zero attached hydrogens (tertiary/aromatic N) is 2. The normalized spacial score (nSPS) is 15.1. The minimum atomic E-state index is -0.309. The smallest absolute Gasteiger partial charge is 0.236 e. The highest BCUT2D eigenvalue weighted by Crippen LogP contribution is 2.25. The molecule has 101 heavy (non-hydrogen) atoms. The van der Waals surface area contributed by atoms with Crippen LogP contribution in [0.5, 0.6) is 0 Å². The third-order valence-corrected chi connectivity index (χ3v) is 22.7. The molecule has 0 saturated carbocycles. The lowest BCUT2D eigenvalue weighted by Crippen LogP contribution is -2.40. The Morgan fingerprint density at radius 3 is 0.574 bits per heavy atom. The van der Waals surface area contributed by atoms with E-state index in [4.69, 9.17) is 0 Å². The fraction of sp³-hybridized carbons (Fsp3) is 0.913. The van der Waals surface area contributed by atoms with Crippen LogP contribution in [0.3, 0.4) is 0 Å². The Morgan fingerprint density at radius 2 is 0.396 bits per heavy atom. The third-order valence-electron chi connectivity index (χ3n) is 22.7. The van der Waals surface area contributed by atoms with Crippen LogP contribution in [0.25, 0.3) is 0 Å². The SMILES string of the molecule is CCCCCCCCCCCCCCCCCCCCCCCCCCCCCCCCCC/C=C/C1CC(=O)N(CCNCCNCCNCCN2C(=O)CC(/C=C/CCCCCCCCCCCCCCCCCCCCCCCCCCCCCCCCCCCCCC)C2=O)C1=O. The van der Waals surface area contributed by atoms with Gasteiger partial charge in [0.25, 0.3) is 0 Å². The number of hydrogen-bond donors (Lipinski definition) is 3. The maximum absolute atomic E-state index is 13.0. The van der Waals surface area contributed by atoms with E-state index < -0.39 is 0 Å². The van der Waals surface area contributed by atoms with Gasteiger partial charge in [0.2, 0.25) is 23.6 Å². The van der Waals surface area contributed by atoms with Crippen molar-refractivity contribution in [1.82, 2.24) is 25.8 Å². The lowest BCUT2D eigenvalue weighted by Gasteiger charge is -2.15. The third kappa shape index (κ3) is 62.4. The number of rotatable bonds is 84. The van der Waals surface area contributed by atoms with E-state index in [2.05, 4.69) is 41.9 Å². The van der Waals surface area contributed by atoms with Gasteiger partial charge >= 0.3 is 0 Å². The zero-order valence-corrected chi connectivity index (χ0v) is 68.1. The van der Waals surface area contributed by atoms with Gasteiger partial charge in [0.05, 0.1) is 11.8 Å². The highest BCUT2D eigenvalue weighted by atomic mass is 16.2. The highest BCUT2D eigenvalue weighted by molar-refractivity contribution is 6.05. The summed E-state index contributed by atoms with van der Waals surface area (Å²) in [4.78, 5) is 54.3. The first-order valence-corrected chi connectivity index (χ1v) is 46.1. The van der Waals surface area contributed by atoms with Crippen molar-refractivity contribution in [3.05, 3.63) is 24.3 Å². The molecule has 0 radical (unpaired) electrons. The molecule has 2 heterocycles. The van der Waals surface area contributed by atoms with Gasteiger partial charge in [-0.1, -0.05) is 462 Å². The Kier molecular flexibility index (Phi) is 72.5. The summed E-state index contributed by atoms with van der Waals surface area (Å²) in [7, 11) is 0. The Labute approximate surface area is 629 Å². The topological polar surface area (TPSA) is 111 Å². The fourth-order valence-corrected chi connectivity index (χ4v) is 15.8. The Bertz CT molecular complexity index is 1840. The number of amides is 4. The molecule has 0 aromatic rings. The summed E-state index contributed by atoms with van der Waals surface area (Å²) < 4.78 is 0. The van der Waals surface area contributed by atoms with E-state index in [9.17, 15) is 19.2 Å². The fourth-order valence-electron chi connectivity index (χ4n) is 15.8. The zero-order chi connectivity index (χ0) is 72.1. The molecule has 2 saturated heterocycles. The molecule has 592 valence electrons. The van der Waals surface area contributed by atoms with Crippen LogP contribution >= 0.6 is 0 Å². The minimum Gasteiger partial charge on any atom is -0.314 e. The first-order chi connectivity index (χ1) is 50.0. The van der Waals surface area contributed by atoms with Gasteiger partial charge in [-0.05, 0) is 25.7 Å². The van der Waals surface area contributed by atoms with Gasteiger partial charge in [-0.25, -0.2) is 0 Å². The summed E-state index contributed by atoms with van der Waals surface area (Å²) in [6.07, 6.45) is 108. The second-order valence-corrected chi connectivity index (χ2v) is 32.4. The van der Waals surface area contributed by atoms with Crippen molar-refractivity contribution in [2.45, 2.75) is 476 Å². The van der Waals surface area contributed by atoms with Crippen molar-refractivity contribution in [3.8, 4) is 0 Å². The Hall–Kier alpha value is -2.36. The van der Waals surface area contributed by atoms with E-state index in [0.717, 1.165) is 51.9 Å². The van der Waals surface area contributed by atoms with Crippen molar-refractivity contribution in [1.29, 1.82) is 0 Å². The van der Waals surface area contributed by atoms with Crippen LogP contribution in [0.1, 0.15) is 476 Å². The molecule has 0 aliphatic carbocycles.